The SMILES string of the molecule is COc1cccc(COc2ccc(Cl)cc2F)c1. The normalized spacial score (nSPS) is 10.2. The standard InChI is InChI=1S/C14H12ClFO2/c1-17-12-4-2-3-10(7-12)9-18-14-6-5-11(15)8-13(14)16/h2-8H,9H2,1H3. The molecule has 0 aromatic heterocycles. The Morgan fingerprint density at radius 2 is 2.00 bits per heavy atom. The van der Waals surface area contributed by atoms with Crippen LogP contribution < -0.4 is 9.47 Å². The van der Waals surface area contributed by atoms with Gasteiger partial charge in [0.1, 0.15) is 12.4 Å². The Balaban J connectivity index is 2.06. The van der Waals surface area contributed by atoms with E-state index in [-0.39, 0.29) is 12.4 Å². The number of methoxy groups -OCH3 is 1. The lowest BCUT2D eigenvalue weighted by Gasteiger charge is -2.08. The van der Waals surface area contributed by atoms with E-state index in [4.69, 9.17) is 21.1 Å². The molecule has 2 aromatic rings. The highest BCUT2D eigenvalue weighted by Crippen LogP contribution is 2.22. The summed E-state index contributed by atoms with van der Waals surface area (Å²) in [5, 5.41) is 0.348. The maximum absolute atomic E-state index is 13.5. The molecule has 94 valence electrons. The zero-order valence-corrected chi connectivity index (χ0v) is 10.6. The minimum Gasteiger partial charge on any atom is -0.497 e. The van der Waals surface area contributed by atoms with Crippen LogP contribution in [0.1, 0.15) is 5.56 Å². The summed E-state index contributed by atoms with van der Waals surface area (Å²) in [6.45, 7) is 0.274. The first-order valence-corrected chi connectivity index (χ1v) is 5.77. The van der Waals surface area contributed by atoms with Crippen molar-refractivity contribution in [3.63, 3.8) is 0 Å². The van der Waals surface area contributed by atoms with Crippen molar-refractivity contribution in [2.24, 2.45) is 0 Å². The van der Waals surface area contributed by atoms with Gasteiger partial charge in [0.2, 0.25) is 0 Å². The van der Waals surface area contributed by atoms with Gasteiger partial charge in [0, 0.05) is 5.02 Å². The number of hydrogen-bond acceptors (Lipinski definition) is 2. The molecular formula is C14H12ClFO2. The van der Waals surface area contributed by atoms with E-state index >= 15 is 0 Å². The molecule has 0 spiro atoms. The molecule has 0 N–H and O–H groups in total. The lowest BCUT2D eigenvalue weighted by Crippen LogP contribution is -1.97. The predicted molar refractivity (Wildman–Crippen MR) is 68.7 cm³/mol. The van der Waals surface area contributed by atoms with E-state index in [0.717, 1.165) is 11.3 Å². The minimum atomic E-state index is -0.467. The predicted octanol–water partition coefficient (Wildman–Crippen LogP) is 4.07. The average molecular weight is 267 g/mol. The van der Waals surface area contributed by atoms with Crippen molar-refractivity contribution < 1.29 is 13.9 Å². The smallest absolute Gasteiger partial charge is 0.166 e. The molecule has 0 aliphatic rings. The molecule has 0 radical (unpaired) electrons. The summed E-state index contributed by atoms with van der Waals surface area (Å²) >= 11 is 5.66. The first kappa shape index (κ1) is 12.7. The van der Waals surface area contributed by atoms with E-state index in [9.17, 15) is 4.39 Å². The molecule has 0 saturated carbocycles. The van der Waals surface area contributed by atoms with E-state index in [1.165, 1.54) is 12.1 Å². The largest absolute Gasteiger partial charge is 0.497 e. The van der Waals surface area contributed by atoms with Crippen LogP contribution in [-0.2, 0) is 6.61 Å². The third-order valence-electron chi connectivity index (χ3n) is 2.42. The quantitative estimate of drug-likeness (QED) is 0.831. The first-order valence-electron chi connectivity index (χ1n) is 5.40. The van der Waals surface area contributed by atoms with Gasteiger partial charge in [-0.3, -0.25) is 0 Å². The van der Waals surface area contributed by atoms with Gasteiger partial charge in [0.05, 0.1) is 7.11 Å². The van der Waals surface area contributed by atoms with Crippen LogP contribution in [0, 0.1) is 5.82 Å². The molecule has 2 nitrogen and oxygen atoms in total. The Bertz CT molecular complexity index is 543. The second-order valence-electron chi connectivity index (χ2n) is 3.71. The topological polar surface area (TPSA) is 18.5 Å². The Morgan fingerprint density at radius 1 is 1.17 bits per heavy atom. The lowest BCUT2D eigenvalue weighted by atomic mass is 10.2. The van der Waals surface area contributed by atoms with E-state index in [1.807, 2.05) is 24.3 Å². The zero-order chi connectivity index (χ0) is 13.0. The molecule has 0 aliphatic carbocycles. The Morgan fingerprint density at radius 3 is 2.72 bits per heavy atom. The average Bonchev–Trinajstić information content (AvgIpc) is 2.38. The maximum atomic E-state index is 13.5. The summed E-state index contributed by atoms with van der Waals surface area (Å²) in [7, 11) is 1.60. The second-order valence-corrected chi connectivity index (χ2v) is 4.15. The van der Waals surface area contributed by atoms with Gasteiger partial charge in [-0.2, -0.15) is 0 Å². The molecule has 0 unspecified atom stereocenters. The maximum Gasteiger partial charge on any atom is 0.166 e. The number of hydrogen-bond donors (Lipinski definition) is 0. The van der Waals surface area contributed by atoms with Crippen LogP contribution >= 0.6 is 11.6 Å². The van der Waals surface area contributed by atoms with E-state index < -0.39 is 5.82 Å². The van der Waals surface area contributed by atoms with Crippen LogP contribution in [0.15, 0.2) is 42.5 Å². The Labute approximate surface area is 110 Å². The number of halogens is 2. The van der Waals surface area contributed by atoms with E-state index in [2.05, 4.69) is 0 Å². The first-order chi connectivity index (χ1) is 8.69. The highest BCUT2D eigenvalue weighted by molar-refractivity contribution is 6.30. The van der Waals surface area contributed by atoms with Crippen LogP contribution in [-0.4, -0.2) is 7.11 Å². The number of benzene rings is 2. The van der Waals surface area contributed by atoms with Gasteiger partial charge in [-0.1, -0.05) is 23.7 Å². The molecule has 0 atom stereocenters. The monoisotopic (exact) mass is 266 g/mol. The Kier molecular flexibility index (Phi) is 4.05. The summed E-state index contributed by atoms with van der Waals surface area (Å²) in [5.74, 6) is 0.459. The molecule has 2 rings (SSSR count). The molecule has 0 fully saturated rings. The molecule has 0 saturated heterocycles. The van der Waals surface area contributed by atoms with Crippen molar-refractivity contribution >= 4 is 11.6 Å². The van der Waals surface area contributed by atoms with E-state index in [1.54, 1.807) is 13.2 Å². The number of ether oxygens (including phenoxy) is 2. The summed E-state index contributed by atoms with van der Waals surface area (Å²) in [6, 6.07) is 11.7. The van der Waals surface area contributed by atoms with Crippen LogP contribution in [0.2, 0.25) is 5.02 Å². The number of rotatable bonds is 4. The van der Waals surface area contributed by atoms with Crippen molar-refractivity contribution in [3.05, 3.63) is 58.9 Å². The van der Waals surface area contributed by atoms with Gasteiger partial charge >= 0.3 is 0 Å². The van der Waals surface area contributed by atoms with Gasteiger partial charge in [0.15, 0.2) is 11.6 Å². The molecule has 4 heteroatoms. The molecule has 0 amide bonds. The Hall–Kier alpha value is -1.74. The lowest BCUT2D eigenvalue weighted by molar-refractivity contribution is 0.289. The van der Waals surface area contributed by atoms with Crippen LogP contribution in [0.25, 0.3) is 0 Å². The fraction of sp³-hybridized carbons (Fsp3) is 0.143. The highest BCUT2D eigenvalue weighted by atomic mass is 35.5. The minimum absolute atomic E-state index is 0.183. The second kappa shape index (κ2) is 5.74. The van der Waals surface area contributed by atoms with Crippen molar-refractivity contribution in [3.8, 4) is 11.5 Å². The molecule has 2 aromatic carbocycles. The summed E-state index contributed by atoms with van der Waals surface area (Å²) < 4.78 is 24.0. The summed E-state index contributed by atoms with van der Waals surface area (Å²) in [4.78, 5) is 0. The van der Waals surface area contributed by atoms with Gasteiger partial charge in [-0.15, -0.1) is 0 Å². The molecule has 18 heavy (non-hydrogen) atoms. The van der Waals surface area contributed by atoms with Gasteiger partial charge < -0.3 is 9.47 Å². The fourth-order valence-electron chi connectivity index (χ4n) is 1.52. The molecule has 0 bridgehead atoms. The van der Waals surface area contributed by atoms with Crippen molar-refractivity contribution in [1.29, 1.82) is 0 Å². The molecule has 0 heterocycles. The van der Waals surface area contributed by atoms with Gasteiger partial charge in [-0.05, 0) is 35.9 Å². The summed E-state index contributed by atoms with van der Waals surface area (Å²) in [5.41, 5.74) is 0.906. The van der Waals surface area contributed by atoms with Crippen LogP contribution in [0.5, 0.6) is 11.5 Å². The van der Waals surface area contributed by atoms with Crippen LogP contribution in [0.3, 0.4) is 0 Å². The fourth-order valence-corrected chi connectivity index (χ4v) is 1.67. The van der Waals surface area contributed by atoms with Crippen molar-refractivity contribution in [2.45, 2.75) is 6.61 Å². The van der Waals surface area contributed by atoms with Crippen molar-refractivity contribution in [2.75, 3.05) is 7.11 Å². The highest BCUT2D eigenvalue weighted by Gasteiger charge is 2.04. The van der Waals surface area contributed by atoms with Crippen molar-refractivity contribution in [1.82, 2.24) is 0 Å². The van der Waals surface area contributed by atoms with E-state index in [0.29, 0.717) is 5.02 Å². The zero-order valence-electron chi connectivity index (χ0n) is 9.82. The molecule has 0 aliphatic heterocycles. The summed E-state index contributed by atoms with van der Waals surface area (Å²) in [6.07, 6.45) is 0. The van der Waals surface area contributed by atoms with Gasteiger partial charge in [-0.25, -0.2) is 4.39 Å². The van der Waals surface area contributed by atoms with Crippen LogP contribution in [0.4, 0.5) is 4.39 Å². The molecular weight excluding hydrogens is 255 g/mol. The third-order valence-corrected chi connectivity index (χ3v) is 2.66. The van der Waals surface area contributed by atoms with Gasteiger partial charge in [0.25, 0.3) is 0 Å². The third kappa shape index (κ3) is 3.14.